The van der Waals surface area contributed by atoms with Crippen LogP contribution in [0.25, 0.3) is 6.08 Å². The van der Waals surface area contributed by atoms with Gasteiger partial charge in [0, 0.05) is 17.7 Å². The van der Waals surface area contributed by atoms with Crippen LogP contribution in [0.1, 0.15) is 23.6 Å². The number of carbonyl (C=O) groups excluding carboxylic acids is 1. The Morgan fingerprint density at radius 2 is 1.92 bits per heavy atom. The number of nitrogens with one attached hydrogen (secondary N) is 1. The Hall–Kier alpha value is -4.97. The number of carbonyl (C=O) groups is 1. The molecule has 0 bridgehead atoms. The minimum Gasteiger partial charge on any atom is -0.490 e. The van der Waals surface area contributed by atoms with Gasteiger partial charge in [-0.05, 0) is 66.9 Å². The van der Waals surface area contributed by atoms with Crippen molar-refractivity contribution in [3.63, 3.8) is 0 Å². The number of ether oxygens (including phenoxy) is 2. The maximum Gasteiger partial charge on any atom is 0.269 e. The van der Waals surface area contributed by atoms with E-state index >= 15 is 0 Å². The molecular weight excluding hydrogens is 477 g/mol. The predicted octanol–water partition coefficient (Wildman–Crippen LogP) is 5.99. The van der Waals surface area contributed by atoms with Crippen LogP contribution in [-0.4, -0.2) is 17.4 Å². The highest BCUT2D eigenvalue weighted by molar-refractivity contribution is 6.09. The summed E-state index contributed by atoms with van der Waals surface area (Å²) in [5.74, 6) is -0.530. The quantitative estimate of drug-likeness (QED) is 0.114. The third-order valence-corrected chi connectivity index (χ3v) is 5.15. The molecule has 9 heteroatoms. The summed E-state index contributed by atoms with van der Waals surface area (Å²) in [6.45, 7) is 6.04. The lowest BCUT2D eigenvalue weighted by Gasteiger charge is -2.17. The third kappa shape index (κ3) is 7.02. The highest BCUT2D eigenvalue weighted by Crippen LogP contribution is 2.35. The Balaban J connectivity index is 1.91. The maximum absolute atomic E-state index is 13.9. The summed E-state index contributed by atoms with van der Waals surface area (Å²) in [6.07, 6.45) is 3.46. The number of non-ortho nitro benzene ring substituents is 1. The zero-order chi connectivity index (χ0) is 26.8. The molecular formula is C28H24FN3O5. The standard InChI is InChI=1S/C28H24FN3O5/c1-3-7-21-14-20(15-22(17-30)28(33)31-25-9-6-5-8-24(25)29)16-26(36-4-2)27(21)37-18-19-10-12-23(13-11-19)32(34)35/h3,5-6,8-16H,1,4,7,18H2,2H3,(H,31,33)/b22-15-. The molecule has 0 aliphatic carbocycles. The highest BCUT2D eigenvalue weighted by Gasteiger charge is 2.16. The number of nitrogens with zero attached hydrogens (tertiary/aromatic N) is 2. The number of anilines is 1. The van der Waals surface area contributed by atoms with E-state index in [1.807, 2.05) is 6.07 Å². The minimum absolute atomic E-state index is 0.0189. The van der Waals surface area contributed by atoms with Gasteiger partial charge in [0.25, 0.3) is 11.6 Å². The van der Waals surface area contributed by atoms with Crippen LogP contribution >= 0.6 is 0 Å². The first-order valence-corrected chi connectivity index (χ1v) is 11.3. The average molecular weight is 502 g/mol. The van der Waals surface area contributed by atoms with E-state index in [1.165, 1.54) is 36.4 Å². The molecule has 8 nitrogen and oxygen atoms in total. The summed E-state index contributed by atoms with van der Waals surface area (Å²) in [4.78, 5) is 23.0. The fourth-order valence-corrected chi connectivity index (χ4v) is 3.44. The zero-order valence-corrected chi connectivity index (χ0v) is 20.1. The van der Waals surface area contributed by atoms with Gasteiger partial charge in [-0.2, -0.15) is 5.26 Å². The molecule has 3 rings (SSSR count). The van der Waals surface area contributed by atoms with Crippen LogP contribution in [0.2, 0.25) is 0 Å². The molecule has 0 saturated carbocycles. The minimum atomic E-state index is -0.755. The molecule has 3 aromatic rings. The molecule has 0 radical (unpaired) electrons. The molecule has 0 aromatic heterocycles. The first-order valence-electron chi connectivity index (χ1n) is 11.3. The van der Waals surface area contributed by atoms with Crippen molar-refractivity contribution in [3.05, 3.63) is 112 Å². The lowest BCUT2D eigenvalue weighted by atomic mass is 10.0. The van der Waals surface area contributed by atoms with E-state index in [4.69, 9.17) is 9.47 Å². The predicted molar refractivity (Wildman–Crippen MR) is 138 cm³/mol. The SMILES string of the molecule is C=CCc1cc(/C=C(/C#N)C(=O)Nc2ccccc2F)cc(OCC)c1OCc1ccc([N+](=O)[O-])cc1. The first-order chi connectivity index (χ1) is 17.9. The summed E-state index contributed by atoms with van der Waals surface area (Å²) in [6, 6.07) is 16.9. The van der Waals surface area contributed by atoms with E-state index in [9.17, 15) is 24.6 Å². The van der Waals surface area contributed by atoms with Crippen LogP contribution in [0.4, 0.5) is 15.8 Å². The molecule has 1 amide bonds. The molecule has 0 spiro atoms. The average Bonchev–Trinajstić information content (AvgIpc) is 2.88. The fraction of sp³-hybridized carbons (Fsp3) is 0.143. The Bertz CT molecular complexity index is 1380. The Labute approximate surface area is 213 Å². The van der Waals surface area contributed by atoms with Crippen LogP contribution in [0, 0.1) is 27.3 Å². The summed E-state index contributed by atoms with van der Waals surface area (Å²) < 4.78 is 25.7. The number of amides is 1. The Kier molecular flexibility index (Phi) is 9.11. The number of benzene rings is 3. The largest absolute Gasteiger partial charge is 0.490 e. The van der Waals surface area contributed by atoms with E-state index in [-0.39, 0.29) is 23.6 Å². The number of halogens is 1. The molecule has 0 unspecified atom stereocenters. The number of nitro benzene ring substituents is 1. The molecule has 0 aliphatic rings. The Morgan fingerprint density at radius 1 is 1.19 bits per heavy atom. The van der Waals surface area contributed by atoms with Gasteiger partial charge in [0.2, 0.25) is 0 Å². The smallest absolute Gasteiger partial charge is 0.269 e. The van der Waals surface area contributed by atoms with Crippen LogP contribution < -0.4 is 14.8 Å². The zero-order valence-electron chi connectivity index (χ0n) is 20.1. The number of allylic oxidation sites excluding steroid dienone is 1. The van der Waals surface area contributed by atoms with Gasteiger partial charge < -0.3 is 14.8 Å². The molecule has 0 saturated heterocycles. The van der Waals surface area contributed by atoms with Gasteiger partial charge in [0.15, 0.2) is 11.5 Å². The van der Waals surface area contributed by atoms with Crippen LogP contribution in [-0.2, 0) is 17.8 Å². The second kappa shape index (κ2) is 12.7. The van der Waals surface area contributed by atoms with Gasteiger partial charge in [-0.15, -0.1) is 6.58 Å². The van der Waals surface area contributed by atoms with Crippen LogP contribution in [0.5, 0.6) is 11.5 Å². The van der Waals surface area contributed by atoms with Gasteiger partial charge in [-0.3, -0.25) is 14.9 Å². The van der Waals surface area contributed by atoms with E-state index in [0.29, 0.717) is 35.7 Å². The van der Waals surface area contributed by atoms with E-state index in [0.717, 1.165) is 5.56 Å². The van der Waals surface area contributed by atoms with Crippen molar-refractivity contribution in [1.82, 2.24) is 0 Å². The fourth-order valence-electron chi connectivity index (χ4n) is 3.44. The van der Waals surface area contributed by atoms with Crippen molar-refractivity contribution in [2.24, 2.45) is 0 Å². The van der Waals surface area contributed by atoms with Gasteiger partial charge >= 0.3 is 0 Å². The molecule has 0 fully saturated rings. The second-order valence-corrected chi connectivity index (χ2v) is 7.75. The van der Waals surface area contributed by atoms with Gasteiger partial charge in [-0.1, -0.05) is 18.2 Å². The number of hydrogen-bond acceptors (Lipinski definition) is 6. The van der Waals surface area contributed by atoms with E-state index < -0.39 is 16.6 Å². The molecule has 0 aliphatic heterocycles. The number of nitriles is 1. The normalized spacial score (nSPS) is 10.8. The van der Waals surface area contributed by atoms with E-state index in [1.54, 1.807) is 43.3 Å². The number of nitro groups is 1. The van der Waals surface area contributed by atoms with Crippen LogP contribution in [0.3, 0.4) is 0 Å². The summed E-state index contributed by atoms with van der Waals surface area (Å²) in [7, 11) is 0. The number of para-hydroxylation sites is 1. The lowest BCUT2D eigenvalue weighted by Crippen LogP contribution is -2.14. The molecule has 0 heterocycles. The second-order valence-electron chi connectivity index (χ2n) is 7.75. The van der Waals surface area contributed by atoms with Gasteiger partial charge in [-0.25, -0.2) is 4.39 Å². The maximum atomic E-state index is 13.9. The lowest BCUT2D eigenvalue weighted by molar-refractivity contribution is -0.384. The molecule has 1 N–H and O–H groups in total. The monoisotopic (exact) mass is 501 g/mol. The summed E-state index contributed by atoms with van der Waals surface area (Å²) in [5.41, 5.74) is 1.64. The van der Waals surface area contributed by atoms with Crippen molar-refractivity contribution in [1.29, 1.82) is 5.26 Å². The van der Waals surface area contributed by atoms with Crippen molar-refractivity contribution < 1.29 is 23.6 Å². The van der Waals surface area contributed by atoms with E-state index in [2.05, 4.69) is 11.9 Å². The number of rotatable bonds is 11. The van der Waals surface area contributed by atoms with Crippen molar-refractivity contribution in [2.45, 2.75) is 20.0 Å². The highest BCUT2D eigenvalue weighted by atomic mass is 19.1. The van der Waals surface area contributed by atoms with Crippen LogP contribution in [0.15, 0.2) is 78.9 Å². The van der Waals surface area contributed by atoms with Crippen molar-refractivity contribution >= 4 is 23.4 Å². The van der Waals surface area contributed by atoms with Crippen molar-refractivity contribution in [2.75, 3.05) is 11.9 Å². The Morgan fingerprint density at radius 3 is 2.54 bits per heavy atom. The first kappa shape index (κ1) is 26.6. The van der Waals surface area contributed by atoms with Gasteiger partial charge in [0.05, 0.1) is 17.2 Å². The summed E-state index contributed by atoms with van der Waals surface area (Å²) in [5, 5.41) is 22.9. The topological polar surface area (TPSA) is 114 Å². The molecule has 3 aromatic carbocycles. The third-order valence-electron chi connectivity index (χ3n) is 5.15. The number of hydrogen-bond donors (Lipinski definition) is 1. The summed E-state index contributed by atoms with van der Waals surface area (Å²) >= 11 is 0. The van der Waals surface area contributed by atoms with Crippen molar-refractivity contribution in [3.8, 4) is 17.6 Å². The molecule has 37 heavy (non-hydrogen) atoms. The molecule has 188 valence electrons. The van der Waals surface area contributed by atoms with Gasteiger partial charge in [0.1, 0.15) is 24.1 Å². The molecule has 0 atom stereocenters.